The van der Waals surface area contributed by atoms with Gasteiger partial charge in [-0.3, -0.25) is 4.99 Å². The number of rotatable bonds is 3. The lowest BCUT2D eigenvalue weighted by molar-refractivity contribution is 0.270. The van der Waals surface area contributed by atoms with E-state index in [1.165, 1.54) is 50.8 Å². The first-order valence-electron chi connectivity index (χ1n) is 6.62. The minimum atomic E-state index is 0.965. The second kappa shape index (κ2) is 5.53. The van der Waals surface area contributed by atoms with Crippen LogP contribution in [-0.2, 0) is 0 Å². The lowest BCUT2D eigenvalue weighted by Gasteiger charge is -2.26. The molecule has 2 unspecified atom stereocenters. The van der Waals surface area contributed by atoms with E-state index < -0.39 is 0 Å². The lowest BCUT2D eigenvalue weighted by Crippen LogP contribution is -2.25. The summed E-state index contributed by atoms with van der Waals surface area (Å²) in [5.41, 5.74) is 0. The van der Waals surface area contributed by atoms with Gasteiger partial charge in [-0.25, -0.2) is 0 Å². The molecule has 1 saturated carbocycles. The molecule has 1 heterocycles. The van der Waals surface area contributed by atoms with Gasteiger partial charge in [0.05, 0.1) is 5.84 Å². The molecule has 1 N–H and O–H groups in total. The van der Waals surface area contributed by atoms with Crippen LogP contribution in [0.25, 0.3) is 0 Å². The van der Waals surface area contributed by atoms with Crippen LogP contribution in [0, 0.1) is 11.8 Å². The van der Waals surface area contributed by atoms with Crippen molar-refractivity contribution in [1.29, 1.82) is 0 Å². The molecule has 1 fully saturated rings. The minimum absolute atomic E-state index is 0.965. The van der Waals surface area contributed by atoms with Crippen molar-refractivity contribution in [2.24, 2.45) is 16.8 Å². The van der Waals surface area contributed by atoms with Crippen LogP contribution in [0.2, 0.25) is 0 Å². The van der Waals surface area contributed by atoms with E-state index in [1.54, 1.807) is 0 Å². The summed E-state index contributed by atoms with van der Waals surface area (Å²) < 4.78 is 0. The highest BCUT2D eigenvalue weighted by Crippen LogP contribution is 2.30. The van der Waals surface area contributed by atoms with Crippen LogP contribution in [0.1, 0.15) is 51.9 Å². The molecule has 0 spiro atoms. The van der Waals surface area contributed by atoms with E-state index in [1.807, 2.05) is 0 Å². The Balaban J connectivity index is 1.60. The SMILES string of the molecule is CC1CCCC(CCNC2=NCCC2)C1. The Bertz CT molecular complexity index is 223. The van der Waals surface area contributed by atoms with E-state index in [0.717, 1.165) is 24.9 Å². The van der Waals surface area contributed by atoms with E-state index in [0.29, 0.717) is 0 Å². The van der Waals surface area contributed by atoms with Crippen LogP contribution in [0.4, 0.5) is 0 Å². The number of aliphatic imine (C=N–C) groups is 1. The molecular weight excluding hydrogens is 184 g/mol. The van der Waals surface area contributed by atoms with Gasteiger partial charge < -0.3 is 5.32 Å². The molecule has 86 valence electrons. The number of amidine groups is 1. The van der Waals surface area contributed by atoms with E-state index in [2.05, 4.69) is 17.2 Å². The molecule has 1 aliphatic heterocycles. The van der Waals surface area contributed by atoms with Gasteiger partial charge in [0.15, 0.2) is 0 Å². The highest BCUT2D eigenvalue weighted by molar-refractivity contribution is 5.83. The van der Waals surface area contributed by atoms with E-state index >= 15 is 0 Å². The van der Waals surface area contributed by atoms with Crippen LogP contribution in [0.15, 0.2) is 4.99 Å². The highest BCUT2D eigenvalue weighted by Gasteiger charge is 2.18. The standard InChI is InChI=1S/C13H24N2/c1-11-4-2-5-12(10-11)7-9-15-13-6-3-8-14-13/h11-12H,2-10H2,1H3,(H,14,15). The van der Waals surface area contributed by atoms with Gasteiger partial charge in [-0.2, -0.15) is 0 Å². The van der Waals surface area contributed by atoms with Gasteiger partial charge in [0.1, 0.15) is 0 Å². The Hall–Kier alpha value is -0.530. The van der Waals surface area contributed by atoms with Crippen molar-refractivity contribution in [3.63, 3.8) is 0 Å². The monoisotopic (exact) mass is 208 g/mol. The third-order valence-corrected chi connectivity index (χ3v) is 3.80. The van der Waals surface area contributed by atoms with Crippen molar-refractivity contribution in [2.75, 3.05) is 13.1 Å². The zero-order valence-corrected chi connectivity index (χ0v) is 9.97. The highest BCUT2D eigenvalue weighted by atomic mass is 15.0. The molecule has 2 rings (SSSR count). The van der Waals surface area contributed by atoms with Gasteiger partial charge in [0.25, 0.3) is 0 Å². The lowest BCUT2D eigenvalue weighted by atomic mass is 9.81. The van der Waals surface area contributed by atoms with Gasteiger partial charge in [0, 0.05) is 19.5 Å². The molecular formula is C13H24N2. The quantitative estimate of drug-likeness (QED) is 0.757. The average Bonchev–Trinajstić information content (AvgIpc) is 2.71. The molecule has 0 amide bonds. The van der Waals surface area contributed by atoms with Gasteiger partial charge in [-0.05, 0) is 31.1 Å². The van der Waals surface area contributed by atoms with Gasteiger partial charge >= 0.3 is 0 Å². The summed E-state index contributed by atoms with van der Waals surface area (Å²) in [7, 11) is 0. The fourth-order valence-electron chi connectivity index (χ4n) is 2.93. The first-order chi connectivity index (χ1) is 7.34. The Labute approximate surface area is 93.6 Å². The molecule has 15 heavy (non-hydrogen) atoms. The molecule has 0 aromatic rings. The normalized spacial score (nSPS) is 31.4. The minimum Gasteiger partial charge on any atom is -0.374 e. The molecule has 2 aliphatic rings. The summed E-state index contributed by atoms with van der Waals surface area (Å²) in [6.07, 6.45) is 9.60. The second-order valence-electron chi connectivity index (χ2n) is 5.29. The maximum absolute atomic E-state index is 4.44. The van der Waals surface area contributed by atoms with Crippen molar-refractivity contribution >= 4 is 5.84 Å². The van der Waals surface area contributed by atoms with Crippen LogP contribution in [0.3, 0.4) is 0 Å². The van der Waals surface area contributed by atoms with Crippen molar-refractivity contribution in [1.82, 2.24) is 5.32 Å². The smallest absolute Gasteiger partial charge is 0.0963 e. The van der Waals surface area contributed by atoms with E-state index in [4.69, 9.17) is 0 Å². The molecule has 0 radical (unpaired) electrons. The fourth-order valence-corrected chi connectivity index (χ4v) is 2.93. The van der Waals surface area contributed by atoms with Crippen LogP contribution < -0.4 is 5.32 Å². The Morgan fingerprint density at radius 1 is 1.33 bits per heavy atom. The first kappa shape index (κ1) is 11.0. The van der Waals surface area contributed by atoms with Gasteiger partial charge in [0.2, 0.25) is 0 Å². The Morgan fingerprint density at radius 3 is 3.00 bits per heavy atom. The summed E-state index contributed by atoms with van der Waals surface area (Å²) in [5.74, 6) is 3.20. The predicted octanol–water partition coefficient (Wildman–Crippen LogP) is 2.98. The van der Waals surface area contributed by atoms with Crippen molar-refractivity contribution in [3.8, 4) is 0 Å². The third-order valence-electron chi connectivity index (χ3n) is 3.80. The van der Waals surface area contributed by atoms with Gasteiger partial charge in [-0.15, -0.1) is 0 Å². The first-order valence-corrected chi connectivity index (χ1v) is 6.62. The Kier molecular flexibility index (Phi) is 4.04. The van der Waals surface area contributed by atoms with E-state index in [-0.39, 0.29) is 0 Å². The molecule has 1 aliphatic carbocycles. The summed E-state index contributed by atoms with van der Waals surface area (Å²) in [4.78, 5) is 4.44. The van der Waals surface area contributed by atoms with Crippen molar-refractivity contribution in [2.45, 2.75) is 51.9 Å². The van der Waals surface area contributed by atoms with Crippen LogP contribution in [0.5, 0.6) is 0 Å². The largest absolute Gasteiger partial charge is 0.374 e. The molecule has 0 aromatic heterocycles. The van der Waals surface area contributed by atoms with E-state index in [9.17, 15) is 0 Å². The third kappa shape index (κ3) is 3.51. The molecule has 0 bridgehead atoms. The zero-order chi connectivity index (χ0) is 10.5. The van der Waals surface area contributed by atoms with Crippen molar-refractivity contribution in [3.05, 3.63) is 0 Å². The van der Waals surface area contributed by atoms with Crippen LogP contribution >= 0.6 is 0 Å². The maximum atomic E-state index is 4.44. The molecule has 2 nitrogen and oxygen atoms in total. The number of nitrogens with zero attached hydrogens (tertiary/aromatic N) is 1. The second-order valence-corrected chi connectivity index (χ2v) is 5.29. The topological polar surface area (TPSA) is 24.4 Å². The average molecular weight is 208 g/mol. The molecule has 0 saturated heterocycles. The van der Waals surface area contributed by atoms with Crippen LogP contribution in [-0.4, -0.2) is 18.9 Å². The number of nitrogens with one attached hydrogen (secondary N) is 1. The molecule has 0 aromatic carbocycles. The maximum Gasteiger partial charge on any atom is 0.0963 e. The summed E-state index contributed by atoms with van der Waals surface area (Å²) >= 11 is 0. The summed E-state index contributed by atoms with van der Waals surface area (Å²) in [5, 5.41) is 3.49. The van der Waals surface area contributed by atoms with Gasteiger partial charge in [-0.1, -0.05) is 26.2 Å². The molecule has 2 heteroatoms. The molecule has 2 atom stereocenters. The summed E-state index contributed by atoms with van der Waals surface area (Å²) in [6.45, 7) is 4.60. The number of hydrogen-bond acceptors (Lipinski definition) is 2. The number of hydrogen-bond donors (Lipinski definition) is 1. The summed E-state index contributed by atoms with van der Waals surface area (Å²) in [6, 6.07) is 0. The zero-order valence-electron chi connectivity index (χ0n) is 9.97. The Morgan fingerprint density at radius 2 is 2.27 bits per heavy atom. The fraction of sp³-hybridized carbons (Fsp3) is 0.923. The predicted molar refractivity (Wildman–Crippen MR) is 65.3 cm³/mol. The van der Waals surface area contributed by atoms with Crippen molar-refractivity contribution < 1.29 is 0 Å².